The van der Waals surface area contributed by atoms with Crippen LogP contribution in [0.5, 0.6) is 0 Å². The van der Waals surface area contributed by atoms with Crippen molar-refractivity contribution >= 4 is 34.5 Å². The summed E-state index contributed by atoms with van der Waals surface area (Å²) in [5.41, 5.74) is 6.30. The highest BCUT2D eigenvalue weighted by atomic mass is 16.5. The summed E-state index contributed by atoms with van der Waals surface area (Å²) in [4.78, 5) is 30.9. The number of aliphatic hydroxyl groups excluding tert-OH is 1. The van der Waals surface area contributed by atoms with E-state index in [-0.39, 0.29) is 11.9 Å². The van der Waals surface area contributed by atoms with Gasteiger partial charge in [-0.3, -0.25) is 25.8 Å². The average Bonchev–Trinajstić information content (AvgIpc) is 2.52. The fraction of sp³-hybridized carbons (Fsp3) is 0.286. The number of nitrogens with one attached hydrogen (secondary N) is 3. The Hall–Kier alpha value is -2.78. The van der Waals surface area contributed by atoms with E-state index < -0.39 is 12.5 Å². The number of carbonyl (C=O) groups is 2. The summed E-state index contributed by atoms with van der Waals surface area (Å²) < 4.78 is 5.14. The summed E-state index contributed by atoms with van der Waals surface area (Å²) in [6.07, 6.45) is 0. The van der Waals surface area contributed by atoms with E-state index in [0.717, 1.165) is 5.56 Å². The van der Waals surface area contributed by atoms with Gasteiger partial charge in [-0.25, -0.2) is 4.98 Å². The molecule has 4 N–H and O–H groups in total. The van der Waals surface area contributed by atoms with Gasteiger partial charge in [-0.05, 0) is 6.07 Å². The van der Waals surface area contributed by atoms with Crippen LogP contribution in [-0.2, 0) is 20.9 Å². The quantitative estimate of drug-likeness (QED) is 0.559. The molecule has 1 heterocycles. The predicted molar refractivity (Wildman–Crippen MR) is 83.4 cm³/mol. The van der Waals surface area contributed by atoms with Crippen LogP contribution in [0.1, 0.15) is 12.5 Å². The molecule has 122 valence electrons. The molecule has 0 aliphatic rings. The summed E-state index contributed by atoms with van der Waals surface area (Å²) in [7, 11) is 1.56. The molecule has 0 unspecified atom stereocenters. The largest absolute Gasteiger partial charge is 0.386 e. The van der Waals surface area contributed by atoms with Crippen LogP contribution in [0.3, 0.4) is 0 Å². The van der Waals surface area contributed by atoms with Crippen molar-refractivity contribution in [2.45, 2.75) is 13.5 Å². The minimum atomic E-state index is -0.663. The Morgan fingerprint density at radius 2 is 2.09 bits per heavy atom. The first-order valence-electron chi connectivity index (χ1n) is 6.77. The Balaban J connectivity index is 2.50. The molecule has 0 radical (unpaired) electrons. The van der Waals surface area contributed by atoms with E-state index in [1.807, 2.05) is 6.07 Å². The van der Waals surface area contributed by atoms with E-state index in [1.54, 1.807) is 19.2 Å². The van der Waals surface area contributed by atoms with Crippen molar-refractivity contribution < 1.29 is 19.4 Å². The zero-order valence-electron chi connectivity index (χ0n) is 12.7. The molecule has 2 aromatic rings. The number of amides is 2. The molecule has 0 saturated heterocycles. The highest BCUT2D eigenvalue weighted by molar-refractivity contribution is 5.95. The number of rotatable bonds is 6. The summed E-state index contributed by atoms with van der Waals surface area (Å²) in [5, 5.41) is 11.9. The molecule has 0 fully saturated rings. The first-order valence-corrected chi connectivity index (χ1v) is 6.77. The highest BCUT2D eigenvalue weighted by Crippen LogP contribution is 2.25. The zero-order valence-corrected chi connectivity index (χ0v) is 12.7. The Labute approximate surface area is 132 Å². The smallest absolute Gasteiger partial charge is 0.264 e. The van der Waals surface area contributed by atoms with E-state index in [0.29, 0.717) is 23.3 Å². The van der Waals surface area contributed by atoms with Crippen molar-refractivity contribution in [1.29, 1.82) is 0 Å². The number of fused-ring (bicyclic) bond motifs is 1. The number of ether oxygens (including phenoxy) is 1. The molecule has 0 aliphatic carbocycles. The van der Waals surface area contributed by atoms with Crippen molar-refractivity contribution in [3.05, 3.63) is 23.8 Å². The number of anilines is 2. The topological polar surface area (TPSA) is 125 Å². The standard InChI is InChI=1S/C14H17N5O4/c1-8(21)15-14-16-12-9(7-23-2)4-3-5-10(12)13(17-14)19-18-11(22)6-20/h3-5,20H,6-7H2,1-2H3,(H,18,22)(H2,15,16,17,19,21). The zero-order chi connectivity index (χ0) is 16.8. The number of methoxy groups -OCH3 is 1. The number of hydrogen-bond donors (Lipinski definition) is 4. The van der Waals surface area contributed by atoms with Crippen LogP contribution in [0.4, 0.5) is 11.8 Å². The van der Waals surface area contributed by atoms with Crippen LogP contribution in [0, 0.1) is 0 Å². The van der Waals surface area contributed by atoms with Crippen LogP contribution < -0.4 is 16.2 Å². The van der Waals surface area contributed by atoms with Gasteiger partial charge in [0.2, 0.25) is 11.9 Å². The Bertz CT molecular complexity index is 734. The molecule has 0 saturated carbocycles. The lowest BCUT2D eigenvalue weighted by Gasteiger charge is -2.13. The number of carbonyl (C=O) groups excluding carboxylic acids is 2. The Morgan fingerprint density at radius 3 is 2.74 bits per heavy atom. The van der Waals surface area contributed by atoms with Crippen molar-refractivity contribution in [2.24, 2.45) is 0 Å². The lowest BCUT2D eigenvalue weighted by molar-refractivity contribution is -0.123. The molecule has 9 heteroatoms. The van der Waals surface area contributed by atoms with Gasteiger partial charge in [0.15, 0.2) is 5.82 Å². The molecule has 9 nitrogen and oxygen atoms in total. The molecule has 0 bridgehead atoms. The van der Waals surface area contributed by atoms with Crippen LogP contribution in [0.2, 0.25) is 0 Å². The first kappa shape index (κ1) is 16.6. The molecular formula is C14H17N5O4. The summed E-state index contributed by atoms with van der Waals surface area (Å²) in [6.45, 7) is 1.01. The molecular weight excluding hydrogens is 302 g/mol. The average molecular weight is 319 g/mol. The third-order valence-electron chi connectivity index (χ3n) is 2.86. The lowest BCUT2D eigenvalue weighted by atomic mass is 10.1. The fourth-order valence-electron chi connectivity index (χ4n) is 1.96. The van der Waals surface area contributed by atoms with E-state index in [2.05, 4.69) is 26.1 Å². The van der Waals surface area contributed by atoms with Crippen LogP contribution in [-0.4, -0.2) is 40.6 Å². The van der Waals surface area contributed by atoms with Crippen molar-refractivity contribution in [3.63, 3.8) is 0 Å². The SMILES string of the molecule is COCc1cccc2c(NNC(=O)CO)nc(NC(C)=O)nc12. The van der Waals surface area contributed by atoms with Gasteiger partial charge in [0, 0.05) is 25.0 Å². The van der Waals surface area contributed by atoms with Crippen LogP contribution >= 0.6 is 0 Å². The molecule has 0 atom stereocenters. The molecule has 1 aromatic carbocycles. The Kier molecular flexibility index (Phi) is 5.39. The lowest BCUT2D eigenvalue weighted by Crippen LogP contribution is -2.32. The van der Waals surface area contributed by atoms with Crippen molar-refractivity contribution in [1.82, 2.24) is 15.4 Å². The normalized spacial score (nSPS) is 10.4. The number of para-hydroxylation sites is 1. The third kappa shape index (κ3) is 4.11. The molecule has 1 aromatic heterocycles. The number of hydrogen-bond acceptors (Lipinski definition) is 7. The van der Waals surface area contributed by atoms with Gasteiger partial charge in [-0.15, -0.1) is 0 Å². The monoisotopic (exact) mass is 319 g/mol. The second-order valence-corrected chi connectivity index (χ2v) is 4.65. The number of aliphatic hydroxyl groups is 1. The number of hydrazine groups is 1. The minimum absolute atomic E-state index is 0.0919. The molecule has 2 rings (SSSR count). The number of nitrogens with zero attached hydrogens (tertiary/aromatic N) is 2. The van der Waals surface area contributed by atoms with Gasteiger partial charge in [0.05, 0.1) is 12.1 Å². The highest BCUT2D eigenvalue weighted by Gasteiger charge is 2.12. The molecule has 0 aliphatic heterocycles. The van der Waals surface area contributed by atoms with Gasteiger partial charge in [-0.1, -0.05) is 12.1 Å². The Morgan fingerprint density at radius 1 is 1.30 bits per heavy atom. The van der Waals surface area contributed by atoms with Gasteiger partial charge < -0.3 is 9.84 Å². The molecule has 0 spiro atoms. The number of aromatic nitrogens is 2. The van der Waals surface area contributed by atoms with Crippen LogP contribution in [0.15, 0.2) is 18.2 Å². The van der Waals surface area contributed by atoms with Gasteiger partial charge in [0.25, 0.3) is 5.91 Å². The van der Waals surface area contributed by atoms with Gasteiger partial charge >= 0.3 is 0 Å². The van der Waals surface area contributed by atoms with Crippen LogP contribution in [0.25, 0.3) is 10.9 Å². The number of benzene rings is 1. The molecule has 2 amide bonds. The van der Waals surface area contributed by atoms with Gasteiger partial charge in [-0.2, -0.15) is 4.98 Å². The van der Waals surface area contributed by atoms with Crippen molar-refractivity contribution in [3.8, 4) is 0 Å². The van der Waals surface area contributed by atoms with E-state index in [9.17, 15) is 9.59 Å². The minimum Gasteiger partial charge on any atom is -0.386 e. The summed E-state index contributed by atoms with van der Waals surface area (Å²) in [6, 6.07) is 5.41. The second kappa shape index (κ2) is 7.47. The summed E-state index contributed by atoms with van der Waals surface area (Å²) in [5.74, 6) is -0.558. The van der Waals surface area contributed by atoms with E-state index in [4.69, 9.17) is 9.84 Å². The third-order valence-corrected chi connectivity index (χ3v) is 2.86. The van der Waals surface area contributed by atoms with E-state index in [1.165, 1.54) is 6.92 Å². The second-order valence-electron chi connectivity index (χ2n) is 4.65. The molecule has 23 heavy (non-hydrogen) atoms. The van der Waals surface area contributed by atoms with Crippen molar-refractivity contribution in [2.75, 3.05) is 24.5 Å². The first-order chi connectivity index (χ1) is 11.0. The maximum atomic E-state index is 11.2. The van der Waals surface area contributed by atoms with E-state index >= 15 is 0 Å². The fourth-order valence-corrected chi connectivity index (χ4v) is 1.96. The maximum absolute atomic E-state index is 11.2. The summed E-state index contributed by atoms with van der Waals surface area (Å²) >= 11 is 0. The maximum Gasteiger partial charge on any atom is 0.264 e. The predicted octanol–water partition coefficient (Wildman–Crippen LogP) is 0.170. The van der Waals surface area contributed by atoms with Gasteiger partial charge in [0.1, 0.15) is 6.61 Å².